The molecule has 128 valence electrons. The van der Waals surface area contributed by atoms with Gasteiger partial charge in [0.15, 0.2) is 0 Å². The molecule has 1 aromatic rings. The number of unbranched alkanes of at least 4 members (excludes halogenated alkanes) is 2. The molecule has 2 heteroatoms. The van der Waals surface area contributed by atoms with Gasteiger partial charge in [-0.05, 0) is 63.6 Å². The van der Waals surface area contributed by atoms with Crippen LogP contribution in [0.5, 0.6) is 11.5 Å². The van der Waals surface area contributed by atoms with E-state index in [-0.39, 0.29) is 11.5 Å². The summed E-state index contributed by atoms with van der Waals surface area (Å²) in [6.07, 6.45) is 7.52. The molecule has 2 atom stereocenters. The first-order valence-electron chi connectivity index (χ1n) is 9.10. The van der Waals surface area contributed by atoms with E-state index in [0.717, 1.165) is 49.0 Å². The summed E-state index contributed by atoms with van der Waals surface area (Å²) in [6, 6.07) is 4.09. The second-order valence-electron chi connectivity index (χ2n) is 7.33. The third-order valence-electron chi connectivity index (χ3n) is 5.26. The maximum absolute atomic E-state index is 10.7. The maximum Gasteiger partial charge on any atom is 0.127 e. The third kappa shape index (κ3) is 4.10. The number of ether oxygens (including phenoxy) is 1. The molecule has 1 aliphatic heterocycles. The van der Waals surface area contributed by atoms with E-state index in [0.29, 0.717) is 5.75 Å². The fourth-order valence-corrected chi connectivity index (χ4v) is 3.48. The van der Waals surface area contributed by atoms with Gasteiger partial charge in [-0.3, -0.25) is 0 Å². The molecule has 0 amide bonds. The molecule has 0 aromatic heterocycles. The van der Waals surface area contributed by atoms with Crippen LogP contribution < -0.4 is 4.74 Å². The molecule has 1 aromatic carbocycles. The second kappa shape index (κ2) is 7.42. The summed E-state index contributed by atoms with van der Waals surface area (Å²) in [7, 11) is 0. The highest BCUT2D eigenvalue weighted by molar-refractivity contribution is 5.52. The Morgan fingerprint density at radius 1 is 1.35 bits per heavy atom. The molecule has 2 rings (SSSR count). The zero-order valence-electron chi connectivity index (χ0n) is 15.2. The van der Waals surface area contributed by atoms with Gasteiger partial charge in [-0.15, -0.1) is 0 Å². The Morgan fingerprint density at radius 2 is 2.09 bits per heavy atom. The Labute approximate surface area is 141 Å². The Kier molecular flexibility index (Phi) is 5.78. The highest BCUT2D eigenvalue weighted by Gasteiger charge is 2.34. The first-order chi connectivity index (χ1) is 10.9. The lowest BCUT2D eigenvalue weighted by Gasteiger charge is -2.28. The van der Waals surface area contributed by atoms with Gasteiger partial charge in [-0.25, -0.2) is 0 Å². The fourth-order valence-electron chi connectivity index (χ4n) is 3.48. The van der Waals surface area contributed by atoms with Gasteiger partial charge in [-0.2, -0.15) is 0 Å². The predicted molar refractivity (Wildman–Crippen MR) is 97.4 cm³/mol. The van der Waals surface area contributed by atoms with E-state index in [1.807, 2.05) is 6.07 Å². The molecule has 0 fully saturated rings. The van der Waals surface area contributed by atoms with E-state index < -0.39 is 0 Å². The number of allylic oxidation sites excluding steroid dienone is 1. The first kappa shape index (κ1) is 17.9. The van der Waals surface area contributed by atoms with Gasteiger partial charge in [-0.1, -0.05) is 38.8 Å². The van der Waals surface area contributed by atoms with E-state index in [9.17, 15) is 5.11 Å². The van der Waals surface area contributed by atoms with E-state index in [2.05, 4.69) is 40.3 Å². The molecule has 2 nitrogen and oxygen atoms in total. The minimum Gasteiger partial charge on any atom is -0.507 e. The average Bonchev–Trinajstić information content (AvgIpc) is 2.64. The molecule has 0 aliphatic carbocycles. The molecule has 0 unspecified atom stereocenters. The molecule has 0 saturated carbocycles. The van der Waals surface area contributed by atoms with Crippen molar-refractivity contribution in [3.63, 3.8) is 0 Å². The van der Waals surface area contributed by atoms with Gasteiger partial charge in [0.2, 0.25) is 0 Å². The number of phenols is 1. The number of hydrogen-bond donors (Lipinski definition) is 1. The number of aryl methyl sites for hydroxylation is 1. The lowest BCUT2D eigenvalue weighted by molar-refractivity contribution is 0.0779. The molecule has 0 saturated heterocycles. The normalized spacial score (nSPS) is 23.7. The molecular weight excluding hydrogens is 284 g/mol. The van der Waals surface area contributed by atoms with E-state index in [4.69, 9.17) is 4.74 Å². The largest absolute Gasteiger partial charge is 0.507 e. The van der Waals surface area contributed by atoms with Crippen LogP contribution in [0.15, 0.2) is 24.3 Å². The SMILES string of the molecule is C=C(C)[C@@H]1CC[C@](C)(CC)Oc2cc(CCCCC)cc(O)c21. The fraction of sp³-hybridized carbons (Fsp3) is 0.619. The van der Waals surface area contributed by atoms with Gasteiger partial charge in [0.05, 0.1) is 0 Å². The first-order valence-corrected chi connectivity index (χ1v) is 9.10. The minimum absolute atomic E-state index is 0.159. The van der Waals surface area contributed by atoms with Crippen molar-refractivity contribution in [2.75, 3.05) is 0 Å². The van der Waals surface area contributed by atoms with Gasteiger partial charge < -0.3 is 9.84 Å². The van der Waals surface area contributed by atoms with Crippen LogP contribution in [0.25, 0.3) is 0 Å². The quantitative estimate of drug-likeness (QED) is 0.505. The smallest absolute Gasteiger partial charge is 0.127 e. The van der Waals surface area contributed by atoms with Crippen molar-refractivity contribution < 1.29 is 9.84 Å². The lowest BCUT2D eigenvalue weighted by atomic mass is 9.85. The molecule has 0 bridgehead atoms. The van der Waals surface area contributed by atoms with Crippen molar-refractivity contribution in [1.82, 2.24) is 0 Å². The maximum atomic E-state index is 10.7. The monoisotopic (exact) mass is 316 g/mol. The molecule has 1 heterocycles. The lowest BCUT2D eigenvalue weighted by Crippen LogP contribution is -2.30. The highest BCUT2D eigenvalue weighted by atomic mass is 16.5. The Morgan fingerprint density at radius 3 is 2.70 bits per heavy atom. The summed E-state index contributed by atoms with van der Waals surface area (Å²) < 4.78 is 6.40. The number of phenolic OH excluding ortho intramolecular Hbond substituents is 1. The Hall–Kier alpha value is -1.44. The highest BCUT2D eigenvalue weighted by Crippen LogP contribution is 2.47. The number of hydrogen-bond acceptors (Lipinski definition) is 2. The van der Waals surface area contributed by atoms with Crippen molar-refractivity contribution >= 4 is 0 Å². The minimum atomic E-state index is -0.159. The summed E-state index contributed by atoms with van der Waals surface area (Å²) in [6.45, 7) is 12.8. The van der Waals surface area contributed by atoms with Crippen molar-refractivity contribution in [2.24, 2.45) is 0 Å². The van der Waals surface area contributed by atoms with Crippen LogP contribution in [0, 0.1) is 0 Å². The van der Waals surface area contributed by atoms with Crippen molar-refractivity contribution in [1.29, 1.82) is 0 Å². The summed E-state index contributed by atoms with van der Waals surface area (Å²) in [4.78, 5) is 0. The van der Waals surface area contributed by atoms with Crippen LogP contribution >= 0.6 is 0 Å². The van der Waals surface area contributed by atoms with Crippen LogP contribution in [0.1, 0.15) is 83.3 Å². The molecule has 1 aliphatic rings. The molecular formula is C21H32O2. The number of aromatic hydroxyl groups is 1. The van der Waals surface area contributed by atoms with Crippen LogP contribution in [-0.4, -0.2) is 10.7 Å². The second-order valence-corrected chi connectivity index (χ2v) is 7.33. The van der Waals surface area contributed by atoms with Gasteiger partial charge in [0, 0.05) is 11.5 Å². The van der Waals surface area contributed by atoms with Crippen LogP contribution in [0.4, 0.5) is 0 Å². The third-order valence-corrected chi connectivity index (χ3v) is 5.26. The zero-order chi connectivity index (χ0) is 17.0. The van der Waals surface area contributed by atoms with Crippen molar-refractivity contribution in [3.05, 3.63) is 35.4 Å². The summed E-state index contributed by atoms with van der Waals surface area (Å²) >= 11 is 0. The van der Waals surface area contributed by atoms with E-state index in [1.54, 1.807) is 0 Å². The number of fused-ring (bicyclic) bond motifs is 1. The average molecular weight is 316 g/mol. The summed E-state index contributed by atoms with van der Waals surface area (Å²) in [5.74, 6) is 1.43. The summed E-state index contributed by atoms with van der Waals surface area (Å²) in [5.41, 5.74) is 3.06. The van der Waals surface area contributed by atoms with Gasteiger partial charge >= 0.3 is 0 Å². The Balaban J connectivity index is 2.42. The van der Waals surface area contributed by atoms with E-state index >= 15 is 0 Å². The molecule has 0 radical (unpaired) electrons. The van der Waals surface area contributed by atoms with Gasteiger partial charge in [0.1, 0.15) is 17.1 Å². The van der Waals surface area contributed by atoms with Crippen LogP contribution in [-0.2, 0) is 6.42 Å². The number of rotatable bonds is 6. The predicted octanol–water partition coefficient (Wildman–Crippen LogP) is 6.13. The van der Waals surface area contributed by atoms with Crippen LogP contribution in [0.3, 0.4) is 0 Å². The van der Waals surface area contributed by atoms with Crippen molar-refractivity contribution in [3.8, 4) is 11.5 Å². The zero-order valence-corrected chi connectivity index (χ0v) is 15.2. The number of benzene rings is 1. The van der Waals surface area contributed by atoms with Gasteiger partial charge in [0.25, 0.3) is 0 Å². The molecule has 23 heavy (non-hydrogen) atoms. The van der Waals surface area contributed by atoms with Crippen LogP contribution in [0.2, 0.25) is 0 Å². The molecule has 1 N–H and O–H groups in total. The Bertz CT molecular complexity index is 561. The topological polar surface area (TPSA) is 29.5 Å². The van der Waals surface area contributed by atoms with Crippen molar-refractivity contribution in [2.45, 2.75) is 84.2 Å². The summed E-state index contributed by atoms with van der Waals surface area (Å²) in [5, 5.41) is 10.7. The van der Waals surface area contributed by atoms with E-state index in [1.165, 1.54) is 18.4 Å². The standard InChI is InChI=1S/C21H32O2/c1-6-8-9-10-16-13-18(22)20-17(15(3)4)11-12-21(5,7-2)23-19(20)14-16/h13-14,17,22H,3,6-12H2,1-2,4-5H3/t17-,21-/m0/s1. The molecule has 0 spiro atoms.